The van der Waals surface area contributed by atoms with Crippen molar-refractivity contribution >= 4 is 10.0 Å². The van der Waals surface area contributed by atoms with Crippen molar-refractivity contribution in [3.05, 3.63) is 53.6 Å². The Morgan fingerprint density at radius 1 is 0.923 bits per heavy atom. The maximum absolute atomic E-state index is 12.5. The Labute approximate surface area is 156 Å². The Bertz CT molecular complexity index is 814. The molecule has 0 aliphatic carbocycles. The van der Waals surface area contributed by atoms with Crippen molar-refractivity contribution in [1.82, 2.24) is 4.72 Å². The number of benzene rings is 2. The summed E-state index contributed by atoms with van der Waals surface area (Å²) in [4.78, 5) is 0.262. The maximum Gasteiger partial charge on any atom is 0.240 e. The topological polar surface area (TPSA) is 64.6 Å². The summed E-state index contributed by atoms with van der Waals surface area (Å²) < 4.78 is 38.7. The molecule has 0 unspecified atom stereocenters. The second-order valence-electron chi connectivity index (χ2n) is 6.20. The molecule has 0 fully saturated rings. The summed E-state index contributed by atoms with van der Waals surface area (Å²) in [5.41, 5.74) is 1.91. The molecule has 0 aliphatic rings. The van der Waals surface area contributed by atoms with Crippen LogP contribution in [-0.2, 0) is 16.6 Å². The lowest BCUT2D eigenvalue weighted by Gasteiger charge is -2.13. The molecule has 0 atom stereocenters. The molecule has 0 heterocycles. The highest BCUT2D eigenvalue weighted by Gasteiger charge is 2.15. The molecule has 0 bridgehead atoms. The van der Waals surface area contributed by atoms with Crippen molar-refractivity contribution in [2.45, 2.75) is 45.1 Å². The van der Waals surface area contributed by atoms with Crippen molar-refractivity contribution in [2.24, 2.45) is 0 Å². The Kier molecular flexibility index (Phi) is 7.06. The SMILES string of the molecule is CCOc1ccc(CNS(=O)(=O)c2ccc(C(C)C)cc2)cc1OCC. The van der Waals surface area contributed by atoms with E-state index in [1.165, 1.54) is 0 Å². The number of rotatable bonds is 9. The highest BCUT2D eigenvalue weighted by atomic mass is 32.2. The molecule has 5 nitrogen and oxygen atoms in total. The number of ether oxygens (including phenoxy) is 2. The Hall–Kier alpha value is -2.05. The van der Waals surface area contributed by atoms with Gasteiger partial charge >= 0.3 is 0 Å². The number of sulfonamides is 1. The van der Waals surface area contributed by atoms with Gasteiger partial charge in [0.2, 0.25) is 10.0 Å². The van der Waals surface area contributed by atoms with Crippen LogP contribution in [0.3, 0.4) is 0 Å². The van der Waals surface area contributed by atoms with E-state index in [4.69, 9.17) is 9.47 Å². The molecule has 0 aliphatic heterocycles. The van der Waals surface area contributed by atoms with E-state index in [-0.39, 0.29) is 11.4 Å². The van der Waals surface area contributed by atoms with Crippen molar-refractivity contribution in [3.8, 4) is 11.5 Å². The van der Waals surface area contributed by atoms with E-state index in [1.807, 2.05) is 32.0 Å². The lowest BCUT2D eigenvalue weighted by atomic mass is 10.0. The van der Waals surface area contributed by atoms with Crippen LogP contribution in [0.2, 0.25) is 0 Å². The Balaban J connectivity index is 2.12. The summed E-state index contributed by atoms with van der Waals surface area (Å²) in [6, 6.07) is 12.4. The summed E-state index contributed by atoms with van der Waals surface area (Å²) in [7, 11) is -3.57. The average molecular weight is 378 g/mol. The summed E-state index contributed by atoms with van der Waals surface area (Å²) in [5, 5.41) is 0. The number of hydrogen-bond donors (Lipinski definition) is 1. The first-order valence-electron chi connectivity index (χ1n) is 8.85. The van der Waals surface area contributed by atoms with Crippen LogP contribution in [-0.4, -0.2) is 21.6 Å². The minimum Gasteiger partial charge on any atom is -0.490 e. The van der Waals surface area contributed by atoms with Crippen LogP contribution in [0, 0.1) is 0 Å². The van der Waals surface area contributed by atoms with Gasteiger partial charge in [-0.3, -0.25) is 0 Å². The van der Waals surface area contributed by atoms with Gasteiger partial charge in [0, 0.05) is 6.54 Å². The van der Waals surface area contributed by atoms with E-state index in [1.54, 1.807) is 24.3 Å². The molecule has 0 saturated heterocycles. The molecule has 2 aromatic carbocycles. The van der Waals surface area contributed by atoms with Crippen LogP contribution < -0.4 is 14.2 Å². The van der Waals surface area contributed by atoms with E-state index in [0.29, 0.717) is 30.6 Å². The van der Waals surface area contributed by atoms with Gasteiger partial charge in [-0.15, -0.1) is 0 Å². The first-order chi connectivity index (χ1) is 12.4. The molecule has 1 N–H and O–H groups in total. The summed E-state index contributed by atoms with van der Waals surface area (Å²) >= 11 is 0. The zero-order valence-corrected chi connectivity index (χ0v) is 16.6. The minimum atomic E-state index is -3.57. The van der Waals surface area contributed by atoms with Crippen LogP contribution in [0.4, 0.5) is 0 Å². The fraction of sp³-hybridized carbons (Fsp3) is 0.400. The quantitative estimate of drug-likeness (QED) is 0.715. The molecule has 2 aromatic rings. The minimum absolute atomic E-state index is 0.181. The highest BCUT2D eigenvalue weighted by Crippen LogP contribution is 2.28. The van der Waals surface area contributed by atoms with E-state index in [2.05, 4.69) is 18.6 Å². The molecule has 0 radical (unpaired) electrons. The second kappa shape index (κ2) is 9.05. The van der Waals surface area contributed by atoms with Crippen LogP contribution in [0.1, 0.15) is 44.7 Å². The smallest absolute Gasteiger partial charge is 0.240 e. The van der Waals surface area contributed by atoms with Crippen molar-refractivity contribution in [1.29, 1.82) is 0 Å². The molecule has 0 aromatic heterocycles. The molecule has 26 heavy (non-hydrogen) atoms. The first-order valence-corrected chi connectivity index (χ1v) is 10.3. The van der Waals surface area contributed by atoms with Crippen molar-refractivity contribution in [3.63, 3.8) is 0 Å². The molecule has 0 spiro atoms. The number of nitrogens with one attached hydrogen (secondary N) is 1. The zero-order valence-electron chi connectivity index (χ0n) is 15.8. The molecule has 0 amide bonds. The van der Waals surface area contributed by atoms with Gasteiger partial charge in [-0.2, -0.15) is 0 Å². The van der Waals surface area contributed by atoms with Gasteiger partial charge in [-0.25, -0.2) is 13.1 Å². The van der Waals surface area contributed by atoms with Crippen molar-refractivity contribution in [2.75, 3.05) is 13.2 Å². The third-order valence-corrected chi connectivity index (χ3v) is 5.35. The summed E-state index contributed by atoms with van der Waals surface area (Å²) in [5.74, 6) is 1.64. The molecule has 142 valence electrons. The van der Waals surface area contributed by atoms with Gasteiger partial charge in [0.1, 0.15) is 0 Å². The van der Waals surface area contributed by atoms with E-state index < -0.39 is 10.0 Å². The van der Waals surface area contributed by atoms with Gasteiger partial charge in [0.15, 0.2) is 11.5 Å². The van der Waals surface area contributed by atoms with Crippen LogP contribution in [0.25, 0.3) is 0 Å². The predicted molar refractivity (Wildman–Crippen MR) is 103 cm³/mol. The monoisotopic (exact) mass is 377 g/mol. The third-order valence-electron chi connectivity index (χ3n) is 3.93. The van der Waals surface area contributed by atoms with Crippen LogP contribution >= 0.6 is 0 Å². The molecular weight excluding hydrogens is 350 g/mol. The molecular formula is C20H27NO4S. The average Bonchev–Trinajstić information content (AvgIpc) is 2.62. The van der Waals surface area contributed by atoms with Crippen LogP contribution in [0.5, 0.6) is 11.5 Å². The second-order valence-corrected chi connectivity index (χ2v) is 7.96. The van der Waals surface area contributed by atoms with Gasteiger partial charge in [-0.1, -0.05) is 32.0 Å². The Morgan fingerprint density at radius 3 is 2.12 bits per heavy atom. The molecule has 2 rings (SSSR count). The lowest BCUT2D eigenvalue weighted by molar-refractivity contribution is 0.287. The van der Waals surface area contributed by atoms with Gasteiger partial charge in [0.25, 0.3) is 0 Å². The lowest BCUT2D eigenvalue weighted by Crippen LogP contribution is -2.23. The first kappa shape index (κ1) is 20.3. The standard InChI is InChI=1S/C20H27NO4S/c1-5-24-19-12-7-16(13-20(19)25-6-2)14-21-26(22,23)18-10-8-17(9-11-18)15(3)4/h7-13,15,21H,5-6,14H2,1-4H3. The predicted octanol–water partition coefficient (Wildman–Crippen LogP) is 4.09. The Morgan fingerprint density at radius 2 is 1.54 bits per heavy atom. The van der Waals surface area contributed by atoms with Crippen LogP contribution in [0.15, 0.2) is 47.4 Å². The van der Waals surface area contributed by atoms with E-state index in [9.17, 15) is 8.42 Å². The van der Waals surface area contributed by atoms with Gasteiger partial charge in [0.05, 0.1) is 18.1 Å². The van der Waals surface area contributed by atoms with Gasteiger partial charge in [-0.05, 0) is 55.2 Å². The normalized spacial score (nSPS) is 11.6. The van der Waals surface area contributed by atoms with E-state index in [0.717, 1.165) is 11.1 Å². The summed E-state index contributed by atoms with van der Waals surface area (Å²) in [6.45, 7) is 9.18. The van der Waals surface area contributed by atoms with E-state index >= 15 is 0 Å². The van der Waals surface area contributed by atoms with Crippen molar-refractivity contribution < 1.29 is 17.9 Å². The van der Waals surface area contributed by atoms with Gasteiger partial charge < -0.3 is 9.47 Å². The highest BCUT2D eigenvalue weighted by molar-refractivity contribution is 7.89. The fourth-order valence-electron chi connectivity index (χ4n) is 2.50. The summed E-state index contributed by atoms with van der Waals surface area (Å²) in [6.07, 6.45) is 0. The molecule has 6 heteroatoms. The number of hydrogen-bond acceptors (Lipinski definition) is 4. The fourth-order valence-corrected chi connectivity index (χ4v) is 3.52. The zero-order chi connectivity index (χ0) is 19.2. The third kappa shape index (κ3) is 5.22. The largest absolute Gasteiger partial charge is 0.490 e. The maximum atomic E-state index is 12.5. The molecule has 0 saturated carbocycles.